The van der Waals surface area contributed by atoms with E-state index in [4.69, 9.17) is 0 Å². The molecule has 1 heterocycles. The molecule has 0 saturated heterocycles. The molecule has 1 aromatic heterocycles. The van der Waals surface area contributed by atoms with E-state index >= 15 is 0 Å². The van der Waals surface area contributed by atoms with E-state index < -0.39 is 0 Å². The van der Waals surface area contributed by atoms with E-state index in [1.165, 1.54) is 6.08 Å². The Hall–Kier alpha value is -2.42. The molecular weight excluding hydrogens is 224 g/mol. The Morgan fingerprint density at radius 1 is 1.28 bits per heavy atom. The number of aromatic nitrogens is 1. The predicted octanol–water partition coefficient (Wildman–Crippen LogP) is 3.18. The average molecular weight is 238 g/mol. The fraction of sp³-hybridized carbons (Fsp3) is 0.0667. The summed E-state index contributed by atoms with van der Waals surface area (Å²) in [5, 5.41) is 2.75. The van der Waals surface area contributed by atoms with Crippen LogP contribution in [-0.4, -0.2) is 10.9 Å². The summed E-state index contributed by atoms with van der Waals surface area (Å²) >= 11 is 0. The van der Waals surface area contributed by atoms with Crippen LogP contribution in [0.15, 0.2) is 55.3 Å². The maximum Gasteiger partial charge on any atom is 0.247 e. The first kappa shape index (κ1) is 12.0. The van der Waals surface area contributed by atoms with E-state index in [1.54, 1.807) is 6.20 Å². The standard InChI is InChI=1S/C15H14N2O/c1-3-15(18)17-14-9-13(10-16-11(14)2)12-7-5-4-6-8-12/h3-10H,1H2,2H3,(H,17,18). The number of pyridine rings is 1. The highest BCUT2D eigenvalue weighted by Crippen LogP contribution is 2.23. The minimum Gasteiger partial charge on any atom is -0.321 e. The van der Waals surface area contributed by atoms with Crippen molar-refractivity contribution in [3.63, 3.8) is 0 Å². The van der Waals surface area contributed by atoms with Gasteiger partial charge in [0, 0.05) is 11.8 Å². The van der Waals surface area contributed by atoms with E-state index in [-0.39, 0.29) is 5.91 Å². The van der Waals surface area contributed by atoms with Gasteiger partial charge in [-0.25, -0.2) is 0 Å². The molecule has 3 nitrogen and oxygen atoms in total. The van der Waals surface area contributed by atoms with E-state index in [0.29, 0.717) is 5.69 Å². The third-order valence-electron chi connectivity index (χ3n) is 2.64. The number of anilines is 1. The molecule has 0 atom stereocenters. The summed E-state index contributed by atoms with van der Waals surface area (Å²) in [6.07, 6.45) is 3.04. The molecule has 3 heteroatoms. The summed E-state index contributed by atoms with van der Waals surface area (Å²) in [5.41, 5.74) is 3.53. The molecule has 1 N–H and O–H groups in total. The quantitative estimate of drug-likeness (QED) is 0.834. The molecular formula is C15H14N2O. The van der Waals surface area contributed by atoms with E-state index in [2.05, 4.69) is 16.9 Å². The number of nitrogens with one attached hydrogen (secondary N) is 1. The van der Waals surface area contributed by atoms with Gasteiger partial charge in [-0.2, -0.15) is 0 Å². The van der Waals surface area contributed by atoms with Gasteiger partial charge in [0.05, 0.1) is 11.4 Å². The van der Waals surface area contributed by atoms with E-state index in [1.807, 2.05) is 43.3 Å². The normalized spacial score (nSPS) is 9.83. The Bertz CT molecular complexity index is 576. The van der Waals surface area contributed by atoms with Gasteiger partial charge in [-0.3, -0.25) is 9.78 Å². The molecule has 1 aromatic carbocycles. The zero-order valence-corrected chi connectivity index (χ0v) is 10.2. The summed E-state index contributed by atoms with van der Waals surface area (Å²) < 4.78 is 0. The van der Waals surface area contributed by atoms with Crippen molar-refractivity contribution in [1.29, 1.82) is 0 Å². The van der Waals surface area contributed by atoms with Gasteiger partial charge < -0.3 is 5.32 Å². The molecule has 0 saturated carbocycles. The molecule has 0 fully saturated rings. The van der Waals surface area contributed by atoms with Crippen molar-refractivity contribution in [3.8, 4) is 11.1 Å². The second-order valence-corrected chi connectivity index (χ2v) is 3.92. The van der Waals surface area contributed by atoms with Crippen LogP contribution in [0.3, 0.4) is 0 Å². The summed E-state index contributed by atoms with van der Waals surface area (Å²) in [6.45, 7) is 5.29. The van der Waals surface area contributed by atoms with Gasteiger partial charge in [0.15, 0.2) is 0 Å². The number of carbonyl (C=O) groups excluding carboxylic acids is 1. The number of nitrogens with zero attached hydrogens (tertiary/aromatic N) is 1. The van der Waals surface area contributed by atoms with Crippen LogP contribution in [0, 0.1) is 6.92 Å². The number of carbonyl (C=O) groups is 1. The summed E-state index contributed by atoms with van der Waals surface area (Å²) in [4.78, 5) is 15.6. The zero-order chi connectivity index (χ0) is 13.0. The highest BCUT2D eigenvalue weighted by molar-refractivity contribution is 5.99. The maximum atomic E-state index is 11.3. The van der Waals surface area contributed by atoms with Crippen LogP contribution in [0.5, 0.6) is 0 Å². The molecule has 1 amide bonds. The highest BCUT2D eigenvalue weighted by Gasteiger charge is 2.05. The molecule has 2 rings (SSSR count). The van der Waals surface area contributed by atoms with E-state index in [9.17, 15) is 4.79 Å². The molecule has 0 aliphatic carbocycles. The number of benzene rings is 1. The van der Waals surface area contributed by atoms with Crippen molar-refractivity contribution in [2.45, 2.75) is 6.92 Å². The second-order valence-electron chi connectivity index (χ2n) is 3.92. The molecule has 0 spiro atoms. The molecule has 90 valence electrons. The lowest BCUT2D eigenvalue weighted by Gasteiger charge is -2.08. The third-order valence-corrected chi connectivity index (χ3v) is 2.64. The van der Waals surface area contributed by atoms with Gasteiger partial charge in [0.2, 0.25) is 5.91 Å². The number of amides is 1. The van der Waals surface area contributed by atoms with Crippen LogP contribution in [0.2, 0.25) is 0 Å². The van der Waals surface area contributed by atoms with Crippen molar-refractivity contribution in [1.82, 2.24) is 4.98 Å². The fourth-order valence-electron chi connectivity index (χ4n) is 1.63. The van der Waals surface area contributed by atoms with Crippen molar-refractivity contribution in [2.24, 2.45) is 0 Å². The Labute approximate surface area is 106 Å². The lowest BCUT2D eigenvalue weighted by Crippen LogP contribution is -2.09. The molecule has 0 radical (unpaired) electrons. The van der Waals surface area contributed by atoms with Gasteiger partial charge in [0.25, 0.3) is 0 Å². The molecule has 2 aromatic rings. The topological polar surface area (TPSA) is 42.0 Å². The van der Waals surface area contributed by atoms with Crippen molar-refractivity contribution < 1.29 is 4.79 Å². The van der Waals surface area contributed by atoms with Gasteiger partial charge in [-0.1, -0.05) is 36.9 Å². The SMILES string of the molecule is C=CC(=O)Nc1cc(-c2ccccc2)cnc1C. The van der Waals surface area contributed by atoms with Crippen molar-refractivity contribution in [2.75, 3.05) is 5.32 Å². The Morgan fingerprint density at radius 2 is 2.00 bits per heavy atom. The predicted molar refractivity (Wildman–Crippen MR) is 73.2 cm³/mol. The Morgan fingerprint density at radius 3 is 2.67 bits per heavy atom. The minimum absolute atomic E-state index is 0.231. The van der Waals surface area contributed by atoms with Crippen molar-refractivity contribution in [3.05, 3.63) is 60.9 Å². The monoisotopic (exact) mass is 238 g/mol. The summed E-state index contributed by atoms with van der Waals surface area (Å²) in [5.74, 6) is -0.231. The average Bonchev–Trinajstić information content (AvgIpc) is 2.42. The molecule has 0 bridgehead atoms. The Balaban J connectivity index is 2.38. The molecule has 0 aliphatic heterocycles. The van der Waals surface area contributed by atoms with E-state index in [0.717, 1.165) is 16.8 Å². The van der Waals surface area contributed by atoms with Crippen LogP contribution in [0.4, 0.5) is 5.69 Å². The summed E-state index contributed by atoms with van der Waals surface area (Å²) in [7, 11) is 0. The van der Waals surface area contributed by atoms with Gasteiger partial charge >= 0.3 is 0 Å². The van der Waals surface area contributed by atoms with Gasteiger partial charge in [-0.05, 0) is 24.6 Å². The Kier molecular flexibility index (Phi) is 3.53. The van der Waals surface area contributed by atoms with Crippen LogP contribution >= 0.6 is 0 Å². The molecule has 18 heavy (non-hydrogen) atoms. The number of aryl methyl sites for hydroxylation is 1. The lowest BCUT2D eigenvalue weighted by atomic mass is 10.1. The van der Waals surface area contributed by atoms with Crippen LogP contribution in [-0.2, 0) is 4.79 Å². The van der Waals surface area contributed by atoms with Crippen LogP contribution in [0.1, 0.15) is 5.69 Å². The fourth-order valence-corrected chi connectivity index (χ4v) is 1.63. The van der Waals surface area contributed by atoms with Gasteiger partial charge in [0.1, 0.15) is 0 Å². The largest absolute Gasteiger partial charge is 0.321 e. The first-order valence-corrected chi connectivity index (χ1v) is 5.66. The van der Waals surface area contributed by atoms with Crippen molar-refractivity contribution >= 4 is 11.6 Å². The second kappa shape index (κ2) is 5.27. The summed E-state index contributed by atoms with van der Waals surface area (Å²) in [6, 6.07) is 11.8. The highest BCUT2D eigenvalue weighted by atomic mass is 16.1. The third kappa shape index (κ3) is 2.63. The number of hydrogen-bond acceptors (Lipinski definition) is 2. The smallest absolute Gasteiger partial charge is 0.247 e. The van der Waals surface area contributed by atoms with Gasteiger partial charge in [-0.15, -0.1) is 0 Å². The van der Waals surface area contributed by atoms with Crippen LogP contribution < -0.4 is 5.32 Å². The van der Waals surface area contributed by atoms with Crippen LogP contribution in [0.25, 0.3) is 11.1 Å². The number of rotatable bonds is 3. The first-order chi connectivity index (χ1) is 8.70. The molecule has 0 unspecified atom stereocenters. The minimum atomic E-state index is -0.231. The maximum absolute atomic E-state index is 11.3. The lowest BCUT2D eigenvalue weighted by molar-refractivity contribution is -0.111. The number of hydrogen-bond donors (Lipinski definition) is 1. The zero-order valence-electron chi connectivity index (χ0n) is 10.2. The molecule has 0 aliphatic rings. The first-order valence-electron chi connectivity index (χ1n) is 5.66.